The van der Waals surface area contributed by atoms with Crippen LogP contribution in [-0.4, -0.2) is 111 Å². The second-order valence-electron chi connectivity index (χ2n) is 9.76. The number of carbonyl (C=O) groups excluding carboxylic acids is 1. The summed E-state index contributed by atoms with van der Waals surface area (Å²) in [5, 5.41) is 3.17. The highest BCUT2D eigenvalue weighted by Crippen LogP contribution is 2.30. The van der Waals surface area contributed by atoms with Crippen LogP contribution in [0.4, 0.5) is 8.78 Å². The van der Waals surface area contributed by atoms with Crippen molar-refractivity contribution in [1.82, 2.24) is 23.7 Å². The lowest BCUT2D eigenvalue weighted by molar-refractivity contribution is -0.121. The van der Waals surface area contributed by atoms with Gasteiger partial charge in [0.2, 0.25) is 5.91 Å². The van der Waals surface area contributed by atoms with Crippen molar-refractivity contribution < 1.29 is 26.7 Å². The van der Waals surface area contributed by atoms with E-state index in [1.165, 1.54) is 28.6 Å². The summed E-state index contributed by atoms with van der Waals surface area (Å²) in [5.41, 5.74) is 0. The monoisotopic (exact) mass is 663 g/mol. The van der Waals surface area contributed by atoms with Gasteiger partial charge in [0, 0.05) is 57.4 Å². The van der Waals surface area contributed by atoms with Gasteiger partial charge < -0.3 is 15.0 Å². The zero-order valence-corrected chi connectivity index (χ0v) is 28.0. The van der Waals surface area contributed by atoms with Crippen molar-refractivity contribution in [3.05, 3.63) is 53.1 Å². The highest BCUT2D eigenvalue weighted by Gasteiger charge is 2.24. The van der Waals surface area contributed by atoms with E-state index in [-0.39, 0.29) is 36.2 Å². The van der Waals surface area contributed by atoms with Crippen molar-refractivity contribution in [1.29, 1.82) is 0 Å². The van der Waals surface area contributed by atoms with Crippen LogP contribution in [0, 0.1) is 11.6 Å². The number of amides is 1. The molecule has 9 nitrogen and oxygen atoms in total. The molecule has 14 heteroatoms. The van der Waals surface area contributed by atoms with Crippen molar-refractivity contribution in [2.24, 2.45) is 0 Å². The first-order valence-corrected chi connectivity index (χ1v) is 17.2. The Kier molecular flexibility index (Phi) is 16.8. The van der Waals surface area contributed by atoms with Gasteiger partial charge in [0.25, 0.3) is 0 Å². The van der Waals surface area contributed by atoms with Gasteiger partial charge in [-0.15, -0.1) is 0 Å². The number of nitrogens with zero attached hydrogens (tertiary/aromatic N) is 4. The molecule has 0 radical (unpaired) electrons. The van der Waals surface area contributed by atoms with E-state index in [2.05, 4.69) is 22.2 Å². The van der Waals surface area contributed by atoms with E-state index >= 15 is 0 Å². The minimum Gasteiger partial charge on any atom is -0.451 e. The average molecular weight is 664 g/mol. The van der Waals surface area contributed by atoms with Gasteiger partial charge in [0.15, 0.2) is 17.4 Å². The first kappa shape index (κ1) is 37.2. The molecule has 1 amide bonds. The number of ether oxygens (including phenoxy) is 1. The molecule has 3 rings (SSSR count). The molecule has 0 bridgehead atoms. The smallest absolute Gasteiger partial charge is 0.235 e. The molecule has 0 aliphatic carbocycles. The van der Waals surface area contributed by atoms with Gasteiger partial charge >= 0.3 is 0 Å². The molecular weight excluding hydrogens is 620 g/mol. The minimum atomic E-state index is -2.09. The number of carbonyl (C=O) groups is 1. The molecule has 1 heterocycles. The van der Waals surface area contributed by atoms with Crippen LogP contribution in [-0.2, 0) is 26.8 Å². The van der Waals surface area contributed by atoms with Crippen molar-refractivity contribution >= 4 is 39.5 Å². The first-order chi connectivity index (χ1) is 20.6. The summed E-state index contributed by atoms with van der Waals surface area (Å²) >= 11 is 5.85. The van der Waals surface area contributed by atoms with Gasteiger partial charge in [-0.3, -0.25) is 9.69 Å². The third-order valence-electron chi connectivity index (χ3n) is 6.52. The standard InChI is InChI=1S/C27H38ClF2N5O4S2.C2H6/c1-4-9-31-26(36)20-35(15-12-33(3)40(37)17-16-34-13-10-32(2)11-14-34)41(38)23-18-24(29)27(25(30)19-23)39-22-7-5-21(28)6-8-22;1-2/h5-8,18-19H,4,9-17,20H2,1-3H3,(H,31,36);1-2H3. The normalized spacial score (nSPS) is 15.6. The number of nitrogens with one attached hydrogen (secondary N) is 1. The molecule has 2 aromatic rings. The minimum absolute atomic E-state index is 0.0785. The van der Waals surface area contributed by atoms with Crippen LogP contribution in [0.2, 0.25) is 5.02 Å². The fraction of sp³-hybridized carbons (Fsp3) is 0.552. The fourth-order valence-corrected chi connectivity index (χ4v) is 6.32. The lowest BCUT2D eigenvalue weighted by atomic mass is 10.3. The molecule has 2 aromatic carbocycles. The zero-order chi connectivity index (χ0) is 31.9. The van der Waals surface area contributed by atoms with Crippen molar-refractivity contribution in [2.75, 3.05) is 78.8 Å². The lowest BCUT2D eigenvalue weighted by Gasteiger charge is -2.32. The second kappa shape index (κ2) is 19.4. The summed E-state index contributed by atoms with van der Waals surface area (Å²) in [4.78, 5) is 16.9. The molecule has 0 saturated carbocycles. The van der Waals surface area contributed by atoms with Crippen LogP contribution < -0.4 is 10.1 Å². The summed E-state index contributed by atoms with van der Waals surface area (Å²) in [6.07, 6.45) is 0.718. The molecule has 1 fully saturated rings. The number of benzene rings is 2. The molecular formula is C29H44ClF2N5O4S2. The Bertz CT molecular complexity index is 1180. The Labute approximate surface area is 264 Å². The van der Waals surface area contributed by atoms with Crippen molar-refractivity contribution in [3.8, 4) is 11.5 Å². The highest BCUT2D eigenvalue weighted by molar-refractivity contribution is 7.83. The molecule has 242 valence electrons. The Balaban J connectivity index is 0.00000316. The van der Waals surface area contributed by atoms with Crippen LogP contribution in [0.15, 0.2) is 41.3 Å². The number of halogens is 3. The zero-order valence-electron chi connectivity index (χ0n) is 25.6. The number of hydrogen-bond acceptors (Lipinski definition) is 6. The predicted molar refractivity (Wildman–Crippen MR) is 170 cm³/mol. The quantitative estimate of drug-likeness (QED) is 0.309. The molecule has 1 N–H and O–H groups in total. The molecule has 1 aliphatic rings. The Morgan fingerprint density at radius 3 is 2.23 bits per heavy atom. The van der Waals surface area contributed by atoms with Gasteiger partial charge in [-0.05, 0) is 56.9 Å². The summed E-state index contributed by atoms with van der Waals surface area (Å²) in [6.45, 7) is 10.9. The fourth-order valence-electron chi connectivity index (χ4n) is 3.99. The number of likely N-dealkylation sites (N-methyl/N-ethyl adjacent to an activating group) is 2. The number of rotatable bonds is 15. The Hall–Kier alpha value is -2.00. The molecule has 43 heavy (non-hydrogen) atoms. The van der Waals surface area contributed by atoms with Gasteiger partial charge in [-0.2, -0.15) is 0 Å². The van der Waals surface area contributed by atoms with Crippen LogP contribution in [0.5, 0.6) is 11.5 Å². The summed E-state index contributed by atoms with van der Waals surface area (Å²) in [6, 6.07) is 7.84. The summed E-state index contributed by atoms with van der Waals surface area (Å²) in [5.74, 6) is -2.47. The van der Waals surface area contributed by atoms with Crippen molar-refractivity contribution in [2.45, 2.75) is 32.1 Å². The van der Waals surface area contributed by atoms with E-state index in [0.29, 0.717) is 23.9 Å². The molecule has 0 spiro atoms. The van der Waals surface area contributed by atoms with Crippen LogP contribution in [0.25, 0.3) is 0 Å². The van der Waals surface area contributed by atoms with Crippen molar-refractivity contribution in [3.63, 3.8) is 0 Å². The Morgan fingerprint density at radius 1 is 1.05 bits per heavy atom. The van der Waals surface area contributed by atoms with Crippen LogP contribution in [0.1, 0.15) is 27.2 Å². The van der Waals surface area contributed by atoms with E-state index in [0.717, 1.165) is 44.7 Å². The predicted octanol–water partition coefficient (Wildman–Crippen LogP) is 4.13. The SMILES string of the molecule is CC.CCCNC(=O)CN(CCN(C)S(=O)CCN1CCN(C)CC1)S(=O)c1cc(F)c(Oc2ccc(Cl)cc2)c(F)c1. The average Bonchev–Trinajstić information content (AvgIpc) is 3.00. The third-order valence-corrected chi connectivity index (χ3v) is 9.60. The van der Waals surface area contributed by atoms with Gasteiger partial charge in [-0.25, -0.2) is 25.8 Å². The first-order valence-electron chi connectivity index (χ1n) is 14.4. The van der Waals surface area contributed by atoms with Gasteiger partial charge in [0.05, 0.1) is 28.2 Å². The Morgan fingerprint density at radius 2 is 1.65 bits per heavy atom. The molecule has 1 saturated heterocycles. The summed E-state index contributed by atoms with van der Waals surface area (Å²) < 4.78 is 64.5. The summed E-state index contributed by atoms with van der Waals surface area (Å²) in [7, 11) is 0.396. The van der Waals surface area contributed by atoms with Crippen LogP contribution >= 0.6 is 11.6 Å². The lowest BCUT2D eigenvalue weighted by Crippen LogP contribution is -2.46. The highest BCUT2D eigenvalue weighted by atomic mass is 35.5. The van der Waals surface area contributed by atoms with Crippen LogP contribution in [0.3, 0.4) is 0 Å². The molecule has 2 unspecified atom stereocenters. The maximum absolute atomic E-state index is 14.9. The largest absolute Gasteiger partial charge is 0.451 e. The number of hydrogen-bond donors (Lipinski definition) is 1. The molecule has 2 atom stereocenters. The van der Waals surface area contributed by atoms with E-state index in [4.69, 9.17) is 16.3 Å². The topological polar surface area (TPSA) is 85.4 Å². The van der Waals surface area contributed by atoms with E-state index in [1.54, 1.807) is 11.4 Å². The van der Waals surface area contributed by atoms with Gasteiger partial charge in [-0.1, -0.05) is 32.4 Å². The molecule has 0 aromatic heterocycles. The van der Waals surface area contributed by atoms with E-state index < -0.39 is 39.4 Å². The maximum atomic E-state index is 14.9. The van der Waals surface area contributed by atoms with Gasteiger partial charge in [0.1, 0.15) is 16.7 Å². The number of piperazine rings is 1. The third kappa shape index (κ3) is 12.5. The van der Waals surface area contributed by atoms with E-state index in [1.807, 2.05) is 20.8 Å². The van der Waals surface area contributed by atoms with E-state index in [9.17, 15) is 22.0 Å². The molecule has 1 aliphatic heterocycles. The maximum Gasteiger partial charge on any atom is 0.235 e. The second-order valence-corrected chi connectivity index (χ2v) is 13.4.